The molecular formula is C45H56N8O9. The Hall–Kier alpha value is -6.59. The van der Waals surface area contributed by atoms with Crippen molar-refractivity contribution < 1.29 is 43.7 Å². The van der Waals surface area contributed by atoms with Crippen LogP contribution in [0.5, 0.6) is 17.2 Å². The maximum Gasteiger partial charge on any atom is 0.326 e. The van der Waals surface area contributed by atoms with Crippen LogP contribution in [0.15, 0.2) is 60.7 Å². The third-order valence-corrected chi connectivity index (χ3v) is 10.5. The number of phenolic OH excluding ortho intramolecular Hbond substituents is 1. The predicted molar refractivity (Wildman–Crippen MR) is 231 cm³/mol. The van der Waals surface area contributed by atoms with Crippen molar-refractivity contribution >= 4 is 29.6 Å². The standard InChI is InChI=1S/C45H56N8O9/c1-6-7-8-20-61-31-13-10-29(11-14-31)40-48-25(2)38(26(3)49-40)42(56)51-34(17-18-46)44(58)53(5)39-30-12-15-36(54)32(24-30)33-22-28(9-16-37(33)62-21-19-47)23-35(45(59)60)52-41(55)27(4)50-43(39)57/h9-16,22,24,27,34-35,39,54H,6-8,17-21,23,46-47H2,1-5H3,(H,50,57)(H,51,56)(H,52,55)(H,59,60)/t27-,34-,35-,39-/m0/s1. The summed E-state index contributed by atoms with van der Waals surface area (Å²) in [6, 6.07) is 11.3. The molecule has 0 fully saturated rings. The molecule has 17 nitrogen and oxygen atoms in total. The van der Waals surface area contributed by atoms with E-state index in [0.29, 0.717) is 40.7 Å². The van der Waals surface area contributed by atoms with Gasteiger partial charge in [-0.3, -0.25) is 19.2 Å². The minimum absolute atomic E-state index is 0.0136. The van der Waals surface area contributed by atoms with Crippen molar-refractivity contribution in [2.24, 2.45) is 11.5 Å². The molecule has 2 heterocycles. The number of rotatable bonds is 16. The summed E-state index contributed by atoms with van der Waals surface area (Å²) in [6.45, 7) is 7.76. The zero-order chi connectivity index (χ0) is 45.1. The number of hydrogen-bond donors (Lipinski definition) is 7. The van der Waals surface area contributed by atoms with Gasteiger partial charge in [-0.15, -0.1) is 0 Å². The van der Waals surface area contributed by atoms with Crippen LogP contribution in [0.25, 0.3) is 22.5 Å². The Morgan fingerprint density at radius 2 is 1.61 bits per heavy atom. The number of carboxylic acids is 1. The minimum atomic E-state index is -1.44. The normalized spacial score (nSPS) is 16.9. The molecule has 1 aliphatic heterocycles. The average molecular weight is 853 g/mol. The van der Waals surface area contributed by atoms with Gasteiger partial charge >= 0.3 is 5.97 Å². The molecule has 0 saturated carbocycles. The number of likely N-dealkylation sites (N-methyl/N-ethyl adjacent to an activating group) is 1. The van der Waals surface area contributed by atoms with Crippen LogP contribution in [-0.2, 0) is 25.6 Å². The van der Waals surface area contributed by atoms with Gasteiger partial charge < -0.3 is 52.0 Å². The largest absolute Gasteiger partial charge is 0.507 e. The lowest BCUT2D eigenvalue weighted by molar-refractivity contribution is -0.143. The maximum atomic E-state index is 14.5. The van der Waals surface area contributed by atoms with E-state index in [4.69, 9.17) is 20.9 Å². The highest BCUT2D eigenvalue weighted by molar-refractivity contribution is 6.00. The molecule has 4 aromatic rings. The maximum absolute atomic E-state index is 14.5. The van der Waals surface area contributed by atoms with Gasteiger partial charge in [-0.1, -0.05) is 31.9 Å². The molecule has 1 aromatic heterocycles. The smallest absolute Gasteiger partial charge is 0.326 e. The molecule has 0 spiro atoms. The molecule has 17 heteroatoms. The second kappa shape index (κ2) is 21.3. The third-order valence-electron chi connectivity index (χ3n) is 10.5. The van der Waals surface area contributed by atoms with Crippen LogP contribution in [-0.4, -0.2) is 106 Å². The number of hydrogen-bond acceptors (Lipinski definition) is 12. The van der Waals surface area contributed by atoms with Gasteiger partial charge in [0.2, 0.25) is 17.7 Å². The van der Waals surface area contributed by atoms with E-state index in [9.17, 15) is 34.2 Å². The number of carbonyl (C=O) groups is 5. The van der Waals surface area contributed by atoms with Crippen molar-refractivity contribution in [1.82, 2.24) is 30.8 Å². The van der Waals surface area contributed by atoms with E-state index in [1.807, 2.05) is 24.3 Å². The first-order valence-corrected chi connectivity index (χ1v) is 20.7. The molecule has 0 unspecified atom stereocenters. The van der Waals surface area contributed by atoms with Crippen LogP contribution in [0, 0.1) is 13.8 Å². The summed E-state index contributed by atoms with van der Waals surface area (Å²) in [6.07, 6.45) is 3.01. The molecular weight excluding hydrogens is 797 g/mol. The lowest BCUT2D eigenvalue weighted by Crippen LogP contribution is -2.55. The third kappa shape index (κ3) is 11.2. The minimum Gasteiger partial charge on any atom is -0.507 e. The fourth-order valence-electron chi connectivity index (χ4n) is 7.23. The van der Waals surface area contributed by atoms with Crippen molar-refractivity contribution in [3.8, 4) is 39.8 Å². The van der Waals surface area contributed by atoms with Crippen molar-refractivity contribution in [1.29, 1.82) is 0 Å². The van der Waals surface area contributed by atoms with Crippen LogP contribution in [0.3, 0.4) is 0 Å². The Labute approximate surface area is 360 Å². The van der Waals surface area contributed by atoms with E-state index in [0.717, 1.165) is 35.5 Å². The molecule has 4 atom stereocenters. The molecule has 0 aliphatic carbocycles. The number of aromatic nitrogens is 2. The van der Waals surface area contributed by atoms with E-state index in [-0.39, 0.29) is 55.0 Å². The number of benzene rings is 3. The topological polar surface area (TPSA) is 261 Å². The van der Waals surface area contributed by atoms with Gasteiger partial charge in [0.25, 0.3) is 5.91 Å². The highest BCUT2D eigenvalue weighted by Gasteiger charge is 2.36. The lowest BCUT2D eigenvalue weighted by Gasteiger charge is -2.32. The molecule has 3 aromatic carbocycles. The fourth-order valence-corrected chi connectivity index (χ4v) is 7.23. The van der Waals surface area contributed by atoms with Crippen molar-refractivity contribution in [2.45, 2.75) is 84.0 Å². The van der Waals surface area contributed by atoms with Gasteiger partial charge in [0.05, 0.1) is 23.6 Å². The number of nitrogens with two attached hydrogens (primary N) is 2. The molecule has 62 heavy (non-hydrogen) atoms. The summed E-state index contributed by atoms with van der Waals surface area (Å²) < 4.78 is 11.7. The van der Waals surface area contributed by atoms with E-state index in [2.05, 4.69) is 32.8 Å². The zero-order valence-corrected chi connectivity index (χ0v) is 35.7. The van der Waals surface area contributed by atoms with Gasteiger partial charge in [0, 0.05) is 36.7 Å². The van der Waals surface area contributed by atoms with Crippen LogP contribution in [0.1, 0.15) is 78.4 Å². The number of fused-ring (bicyclic) bond motifs is 5. The summed E-state index contributed by atoms with van der Waals surface area (Å²) in [5, 5.41) is 29.1. The fraction of sp³-hybridized carbons (Fsp3) is 0.400. The monoisotopic (exact) mass is 852 g/mol. The SMILES string of the molecule is CCCCCOc1ccc(-c2nc(C)c(C(=O)N[C@@H](CCN)C(=O)N(C)[C@@H]3C(=O)N[C@@H](C)C(=O)N[C@H](C(=O)O)Cc4ccc(OCCN)c(c4)-c4cc3ccc4O)c(C)n2)cc1. The number of aliphatic carboxylic acids is 1. The van der Waals surface area contributed by atoms with E-state index >= 15 is 0 Å². The Morgan fingerprint density at radius 1 is 0.903 bits per heavy atom. The van der Waals surface area contributed by atoms with Gasteiger partial charge in [-0.2, -0.15) is 0 Å². The van der Waals surface area contributed by atoms with E-state index in [1.165, 1.54) is 32.2 Å². The summed E-state index contributed by atoms with van der Waals surface area (Å²) in [4.78, 5) is 78.8. The van der Waals surface area contributed by atoms with Gasteiger partial charge in [0.1, 0.15) is 48.0 Å². The molecule has 1 aliphatic rings. The number of unbranched alkanes of at least 4 members (excludes halogenated alkanes) is 2. The molecule has 0 radical (unpaired) electrons. The summed E-state index contributed by atoms with van der Waals surface area (Å²) in [7, 11) is 1.37. The average Bonchev–Trinajstić information content (AvgIpc) is 3.24. The first kappa shape index (κ1) is 46.5. The summed E-state index contributed by atoms with van der Waals surface area (Å²) in [5.74, 6) is -2.97. The number of nitrogens with one attached hydrogen (secondary N) is 3. The highest BCUT2D eigenvalue weighted by atomic mass is 16.5. The van der Waals surface area contributed by atoms with Crippen LogP contribution in [0.4, 0.5) is 0 Å². The van der Waals surface area contributed by atoms with Gasteiger partial charge in [-0.05, 0) is 99.8 Å². The van der Waals surface area contributed by atoms with Crippen molar-refractivity contribution in [3.05, 3.63) is 88.7 Å². The van der Waals surface area contributed by atoms with E-state index < -0.39 is 53.8 Å². The van der Waals surface area contributed by atoms with Gasteiger partial charge in [0.15, 0.2) is 5.82 Å². The Balaban J connectivity index is 1.48. The predicted octanol–water partition coefficient (Wildman–Crippen LogP) is 3.32. The van der Waals surface area contributed by atoms with Crippen LogP contribution >= 0.6 is 0 Å². The molecule has 9 N–H and O–H groups in total. The number of aromatic hydroxyl groups is 1. The molecule has 4 bridgehead atoms. The molecule has 5 rings (SSSR count). The number of ether oxygens (including phenoxy) is 2. The van der Waals surface area contributed by atoms with Crippen LogP contribution in [0.2, 0.25) is 0 Å². The van der Waals surface area contributed by atoms with Crippen molar-refractivity contribution in [2.75, 3.05) is 33.4 Å². The Bertz CT molecular complexity index is 2250. The Kier molecular flexibility index (Phi) is 15.9. The number of carboxylic acid groups (broad SMARTS) is 1. The number of amides is 4. The molecule has 330 valence electrons. The van der Waals surface area contributed by atoms with Gasteiger partial charge in [-0.25, -0.2) is 14.8 Å². The second-order valence-corrected chi connectivity index (χ2v) is 15.2. The molecule has 4 amide bonds. The summed E-state index contributed by atoms with van der Waals surface area (Å²) >= 11 is 0. The molecule has 0 saturated heterocycles. The first-order valence-electron chi connectivity index (χ1n) is 20.7. The lowest BCUT2D eigenvalue weighted by atomic mass is 9.93. The van der Waals surface area contributed by atoms with Crippen LogP contribution < -0.4 is 36.9 Å². The number of carbonyl (C=O) groups excluding carboxylic acids is 4. The summed E-state index contributed by atoms with van der Waals surface area (Å²) in [5.41, 5.74) is 14.6. The number of nitrogens with zero attached hydrogens (tertiary/aromatic N) is 3. The van der Waals surface area contributed by atoms with E-state index in [1.54, 1.807) is 32.0 Å². The second-order valence-electron chi connectivity index (χ2n) is 15.2. The highest BCUT2D eigenvalue weighted by Crippen LogP contribution is 2.39. The number of aryl methyl sites for hydroxylation is 2. The van der Waals surface area contributed by atoms with Crippen molar-refractivity contribution in [3.63, 3.8) is 0 Å². The first-order chi connectivity index (χ1) is 29.7. The Morgan fingerprint density at radius 3 is 2.26 bits per heavy atom. The zero-order valence-electron chi connectivity index (χ0n) is 35.7. The quantitative estimate of drug-likeness (QED) is 0.0800. The number of phenols is 1.